The van der Waals surface area contributed by atoms with Gasteiger partial charge < -0.3 is 15.5 Å². The third-order valence-corrected chi connectivity index (χ3v) is 4.27. The van der Waals surface area contributed by atoms with E-state index in [9.17, 15) is 0 Å². The molecule has 1 unspecified atom stereocenters. The van der Waals surface area contributed by atoms with E-state index in [0.29, 0.717) is 6.54 Å². The Morgan fingerprint density at radius 2 is 2.04 bits per heavy atom. The summed E-state index contributed by atoms with van der Waals surface area (Å²) in [5.41, 5.74) is 2.18. The van der Waals surface area contributed by atoms with Gasteiger partial charge in [0, 0.05) is 36.9 Å². The van der Waals surface area contributed by atoms with Gasteiger partial charge in [-0.2, -0.15) is 5.10 Å². The SMILES string of the molecule is CCNC(=NCc1ccccc1Cl)NCC(c1cnn(C)c1)N(C)C.I. The molecule has 0 fully saturated rings. The highest BCUT2D eigenvalue weighted by molar-refractivity contribution is 14.0. The molecule has 144 valence electrons. The fraction of sp³-hybridized carbons (Fsp3) is 0.444. The Kier molecular flexibility index (Phi) is 9.97. The molecule has 2 N–H and O–H groups in total. The Hall–Kier alpha value is -1.32. The van der Waals surface area contributed by atoms with Gasteiger partial charge in [0.1, 0.15) is 0 Å². The second-order valence-electron chi connectivity index (χ2n) is 6.09. The highest BCUT2D eigenvalue weighted by Crippen LogP contribution is 2.17. The van der Waals surface area contributed by atoms with Crippen LogP contribution in [0.25, 0.3) is 0 Å². The van der Waals surface area contributed by atoms with Gasteiger partial charge in [-0.1, -0.05) is 29.8 Å². The maximum absolute atomic E-state index is 6.21. The van der Waals surface area contributed by atoms with Crippen LogP contribution in [0.3, 0.4) is 0 Å². The fourth-order valence-corrected chi connectivity index (χ4v) is 2.73. The van der Waals surface area contributed by atoms with Crippen LogP contribution in [-0.2, 0) is 13.6 Å². The number of nitrogens with zero attached hydrogens (tertiary/aromatic N) is 4. The third kappa shape index (κ3) is 6.77. The van der Waals surface area contributed by atoms with Crippen molar-refractivity contribution in [3.63, 3.8) is 0 Å². The van der Waals surface area contributed by atoms with E-state index in [1.165, 1.54) is 5.56 Å². The van der Waals surface area contributed by atoms with Crippen LogP contribution in [0, 0.1) is 0 Å². The molecule has 2 rings (SSSR count). The van der Waals surface area contributed by atoms with Gasteiger partial charge in [-0.05, 0) is 32.6 Å². The number of aliphatic imine (C=N–C) groups is 1. The minimum Gasteiger partial charge on any atom is -0.357 e. The van der Waals surface area contributed by atoms with Gasteiger partial charge >= 0.3 is 0 Å². The van der Waals surface area contributed by atoms with E-state index in [-0.39, 0.29) is 30.0 Å². The van der Waals surface area contributed by atoms with Crippen LogP contribution in [0.5, 0.6) is 0 Å². The first-order chi connectivity index (χ1) is 12.0. The predicted molar refractivity (Wildman–Crippen MR) is 119 cm³/mol. The number of guanidine groups is 1. The number of rotatable bonds is 7. The standard InChI is InChI=1S/C18H27ClN6.HI/c1-5-20-18(21-10-14-8-6-7-9-16(14)19)22-12-17(24(2)3)15-11-23-25(4)13-15;/h6-9,11,13,17H,5,10,12H2,1-4H3,(H2,20,21,22);1H. The van der Waals surface area contributed by atoms with Gasteiger partial charge in [-0.3, -0.25) is 4.68 Å². The number of halogens is 2. The second-order valence-corrected chi connectivity index (χ2v) is 6.50. The number of likely N-dealkylation sites (N-methyl/N-ethyl adjacent to an activating group) is 1. The molecule has 1 atom stereocenters. The number of aryl methyl sites for hydroxylation is 1. The van der Waals surface area contributed by atoms with E-state index >= 15 is 0 Å². The fourth-order valence-electron chi connectivity index (χ4n) is 2.54. The first-order valence-corrected chi connectivity index (χ1v) is 8.79. The summed E-state index contributed by atoms with van der Waals surface area (Å²) in [6, 6.07) is 7.99. The van der Waals surface area contributed by atoms with Gasteiger partial charge in [-0.25, -0.2) is 4.99 Å². The molecule has 0 saturated carbocycles. The van der Waals surface area contributed by atoms with E-state index in [1.807, 2.05) is 48.4 Å². The molecule has 1 aromatic heterocycles. The Labute approximate surface area is 178 Å². The average Bonchev–Trinajstić information content (AvgIpc) is 2.99. The van der Waals surface area contributed by atoms with Crippen LogP contribution in [-0.4, -0.2) is 47.8 Å². The third-order valence-electron chi connectivity index (χ3n) is 3.91. The maximum atomic E-state index is 6.21. The van der Waals surface area contributed by atoms with Crippen molar-refractivity contribution >= 4 is 41.5 Å². The summed E-state index contributed by atoms with van der Waals surface area (Å²) in [7, 11) is 6.05. The molecule has 0 aliphatic heterocycles. The Morgan fingerprint density at radius 3 is 2.62 bits per heavy atom. The van der Waals surface area contributed by atoms with Crippen molar-refractivity contribution in [1.29, 1.82) is 0 Å². The quantitative estimate of drug-likeness (QED) is 0.356. The molecule has 0 aliphatic rings. The van der Waals surface area contributed by atoms with Crippen molar-refractivity contribution in [1.82, 2.24) is 25.3 Å². The molecule has 2 aromatic rings. The van der Waals surface area contributed by atoms with E-state index < -0.39 is 0 Å². The summed E-state index contributed by atoms with van der Waals surface area (Å²) in [4.78, 5) is 6.81. The number of hydrogen-bond acceptors (Lipinski definition) is 3. The molecular formula is C18H28ClIN6. The van der Waals surface area contributed by atoms with Crippen LogP contribution < -0.4 is 10.6 Å². The largest absolute Gasteiger partial charge is 0.357 e. The molecule has 6 nitrogen and oxygen atoms in total. The Bertz CT molecular complexity index is 700. The minimum absolute atomic E-state index is 0. The van der Waals surface area contributed by atoms with Crippen molar-refractivity contribution in [2.45, 2.75) is 19.5 Å². The lowest BCUT2D eigenvalue weighted by Crippen LogP contribution is -2.41. The van der Waals surface area contributed by atoms with Crippen LogP contribution >= 0.6 is 35.6 Å². The average molecular weight is 491 g/mol. The molecule has 0 radical (unpaired) electrons. The normalized spacial score (nSPS) is 12.6. The molecule has 0 bridgehead atoms. The van der Waals surface area contributed by atoms with Gasteiger partial charge in [0.05, 0.1) is 18.8 Å². The van der Waals surface area contributed by atoms with Crippen LogP contribution in [0.4, 0.5) is 0 Å². The summed E-state index contributed by atoms with van der Waals surface area (Å²) < 4.78 is 1.82. The second kappa shape index (κ2) is 11.4. The van der Waals surface area contributed by atoms with Crippen molar-refractivity contribution in [3.05, 3.63) is 52.8 Å². The molecule has 1 aromatic carbocycles. The zero-order chi connectivity index (χ0) is 18.2. The summed E-state index contributed by atoms with van der Waals surface area (Å²) in [6.07, 6.45) is 3.94. The predicted octanol–water partition coefficient (Wildman–Crippen LogP) is 3.05. The molecule has 0 spiro atoms. The highest BCUT2D eigenvalue weighted by atomic mass is 127. The van der Waals surface area contributed by atoms with Gasteiger partial charge in [-0.15, -0.1) is 24.0 Å². The summed E-state index contributed by atoms with van der Waals surface area (Å²) in [5, 5.41) is 11.7. The molecule has 26 heavy (non-hydrogen) atoms. The monoisotopic (exact) mass is 490 g/mol. The number of aromatic nitrogens is 2. The lowest BCUT2D eigenvalue weighted by molar-refractivity contribution is 0.298. The number of hydrogen-bond donors (Lipinski definition) is 2. The molecule has 0 aliphatic carbocycles. The summed E-state index contributed by atoms with van der Waals surface area (Å²) >= 11 is 6.21. The van der Waals surface area contributed by atoms with Crippen molar-refractivity contribution < 1.29 is 0 Å². The Balaban J connectivity index is 0.00000338. The smallest absolute Gasteiger partial charge is 0.191 e. The van der Waals surface area contributed by atoms with E-state index in [4.69, 9.17) is 11.6 Å². The van der Waals surface area contributed by atoms with Crippen LogP contribution in [0.15, 0.2) is 41.7 Å². The highest BCUT2D eigenvalue weighted by Gasteiger charge is 2.16. The topological polar surface area (TPSA) is 57.5 Å². The zero-order valence-corrected chi connectivity index (χ0v) is 18.8. The van der Waals surface area contributed by atoms with Crippen LogP contribution in [0.2, 0.25) is 5.02 Å². The molecule has 8 heteroatoms. The lowest BCUT2D eigenvalue weighted by atomic mass is 10.1. The van der Waals surface area contributed by atoms with E-state index in [2.05, 4.69) is 46.6 Å². The minimum atomic E-state index is 0. The van der Waals surface area contributed by atoms with Crippen molar-refractivity contribution in [2.75, 3.05) is 27.2 Å². The molecule has 0 saturated heterocycles. The Morgan fingerprint density at radius 1 is 1.31 bits per heavy atom. The van der Waals surface area contributed by atoms with E-state index in [0.717, 1.165) is 29.6 Å². The van der Waals surface area contributed by atoms with Gasteiger partial charge in [0.25, 0.3) is 0 Å². The summed E-state index contributed by atoms with van der Waals surface area (Å²) in [5.74, 6) is 0.776. The van der Waals surface area contributed by atoms with Crippen molar-refractivity contribution in [2.24, 2.45) is 12.0 Å². The molecule has 1 heterocycles. The molecular weight excluding hydrogens is 463 g/mol. The number of benzene rings is 1. The van der Waals surface area contributed by atoms with Crippen molar-refractivity contribution in [3.8, 4) is 0 Å². The lowest BCUT2D eigenvalue weighted by Gasteiger charge is -2.24. The first kappa shape index (κ1) is 22.7. The molecule has 0 amide bonds. The summed E-state index contributed by atoms with van der Waals surface area (Å²) in [6.45, 7) is 4.12. The van der Waals surface area contributed by atoms with E-state index in [1.54, 1.807) is 0 Å². The van der Waals surface area contributed by atoms with Gasteiger partial charge in [0.15, 0.2) is 5.96 Å². The maximum Gasteiger partial charge on any atom is 0.191 e. The first-order valence-electron chi connectivity index (χ1n) is 8.41. The van der Waals surface area contributed by atoms with Crippen LogP contribution in [0.1, 0.15) is 24.1 Å². The zero-order valence-electron chi connectivity index (χ0n) is 15.7. The number of nitrogens with one attached hydrogen (secondary N) is 2. The van der Waals surface area contributed by atoms with Gasteiger partial charge in [0.2, 0.25) is 0 Å².